The van der Waals surface area contributed by atoms with E-state index in [1.165, 1.54) is 11.8 Å². The van der Waals surface area contributed by atoms with Crippen molar-refractivity contribution in [2.45, 2.75) is 16.8 Å². The number of hydrogen-bond acceptors (Lipinski definition) is 5. The molecule has 1 aliphatic heterocycles. The zero-order chi connectivity index (χ0) is 18.6. The summed E-state index contributed by atoms with van der Waals surface area (Å²) in [6, 6.07) is 24.6. The van der Waals surface area contributed by atoms with Crippen LogP contribution in [-0.2, 0) is 16.1 Å². The molecule has 0 spiro atoms. The van der Waals surface area contributed by atoms with Crippen molar-refractivity contribution in [3.05, 3.63) is 95.6 Å². The second-order valence-corrected chi connectivity index (χ2v) is 7.19. The lowest BCUT2D eigenvalue weighted by Crippen LogP contribution is -2.27. The van der Waals surface area contributed by atoms with E-state index in [4.69, 9.17) is 9.47 Å². The summed E-state index contributed by atoms with van der Waals surface area (Å²) < 4.78 is 10.9. The normalized spacial score (nSPS) is 15.8. The van der Waals surface area contributed by atoms with E-state index >= 15 is 0 Å². The third kappa shape index (κ3) is 3.73. The standard InChI is InChI=1S/C22H16O4S/c23-21-19-17(20(22(24)26-21)27-16-10-5-2-6-11-16)12-7-13-18(19)25-14-15-8-3-1-4-9-15/h1-13,20H,14H2. The summed E-state index contributed by atoms with van der Waals surface area (Å²) in [5.41, 5.74) is 1.93. The Bertz CT molecular complexity index is 970. The summed E-state index contributed by atoms with van der Waals surface area (Å²) in [6.07, 6.45) is 0. The Morgan fingerprint density at radius 2 is 1.56 bits per heavy atom. The van der Waals surface area contributed by atoms with Crippen molar-refractivity contribution in [2.75, 3.05) is 0 Å². The van der Waals surface area contributed by atoms with Crippen LogP contribution in [0.25, 0.3) is 0 Å². The molecule has 1 heterocycles. The molecule has 0 saturated heterocycles. The van der Waals surface area contributed by atoms with E-state index in [1.807, 2.05) is 60.7 Å². The largest absolute Gasteiger partial charge is 0.488 e. The van der Waals surface area contributed by atoms with Gasteiger partial charge in [0.25, 0.3) is 0 Å². The summed E-state index contributed by atoms with van der Waals surface area (Å²) >= 11 is 1.36. The molecule has 5 heteroatoms. The monoisotopic (exact) mass is 376 g/mol. The van der Waals surface area contributed by atoms with E-state index in [9.17, 15) is 9.59 Å². The Morgan fingerprint density at radius 1 is 0.852 bits per heavy atom. The van der Waals surface area contributed by atoms with E-state index in [1.54, 1.807) is 18.2 Å². The molecule has 4 rings (SSSR count). The van der Waals surface area contributed by atoms with E-state index in [0.29, 0.717) is 23.5 Å². The Kier molecular flexibility index (Phi) is 4.94. The van der Waals surface area contributed by atoms with Crippen molar-refractivity contribution in [1.82, 2.24) is 0 Å². The third-order valence-electron chi connectivity index (χ3n) is 4.19. The van der Waals surface area contributed by atoms with Crippen LogP contribution in [-0.4, -0.2) is 11.9 Å². The minimum atomic E-state index is -0.663. The molecule has 0 bridgehead atoms. The molecular formula is C22H16O4S. The van der Waals surface area contributed by atoms with Gasteiger partial charge in [0.05, 0.1) is 0 Å². The van der Waals surface area contributed by atoms with Crippen LogP contribution in [0.4, 0.5) is 0 Å². The van der Waals surface area contributed by atoms with Gasteiger partial charge in [-0.3, -0.25) is 0 Å². The van der Waals surface area contributed by atoms with Crippen LogP contribution in [0.2, 0.25) is 0 Å². The number of carbonyl (C=O) groups is 2. The van der Waals surface area contributed by atoms with Gasteiger partial charge in [-0.2, -0.15) is 0 Å². The summed E-state index contributed by atoms with van der Waals surface area (Å²) in [4.78, 5) is 25.7. The van der Waals surface area contributed by atoms with Crippen LogP contribution in [0.5, 0.6) is 5.75 Å². The fraction of sp³-hybridized carbons (Fsp3) is 0.0909. The fourth-order valence-electron chi connectivity index (χ4n) is 2.91. The summed E-state index contributed by atoms with van der Waals surface area (Å²) in [7, 11) is 0. The number of esters is 2. The summed E-state index contributed by atoms with van der Waals surface area (Å²) in [5, 5.41) is -0.611. The van der Waals surface area contributed by atoms with Gasteiger partial charge in [-0.15, -0.1) is 11.8 Å². The first-order valence-corrected chi connectivity index (χ1v) is 9.38. The number of ether oxygens (including phenoxy) is 2. The van der Waals surface area contributed by atoms with Crippen LogP contribution in [0.15, 0.2) is 83.8 Å². The molecule has 1 aliphatic rings. The molecule has 0 aromatic heterocycles. The number of benzene rings is 3. The fourth-order valence-corrected chi connectivity index (χ4v) is 3.96. The van der Waals surface area contributed by atoms with Crippen LogP contribution < -0.4 is 4.74 Å². The van der Waals surface area contributed by atoms with Crippen LogP contribution >= 0.6 is 11.8 Å². The van der Waals surface area contributed by atoms with Gasteiger partial charge in [-0.1, -0.05) is 60.7 Å². The van der Waals surface area contributed by atoms with Gasteiger partial charge in [0, 0.05) is 4.90 Å². The Labute approximate surface area is 161 Å². The van der Waals surface area contributed by atoms with Crippen molar-refractivity contribution in [3.63, 3.8) is 0 Å². The average Bonchev–Trinajstić information content (AvgIpc) is 2.71. The molecule has 0 fully saturated rings. The second-order valence-electron chi connectivity index (χ2n) is 6.01. The first-order valence-electron chi connectivity index (χ1n) is 8.50. The first-order chi connectivity index (χ1) is 13.2. The number of cyclic esters (lactones) is 2. The molecule has 134 valence electrons. The number of fused-ring (bicyclic) bond motifs is 1. The molecule has 27 heavy (non-hydrogen) atoms. The van der Waals surface area contributed by atoms with Gasteiger partial charge in [0.2, 0.25) is 0 Å². The summed E-state index contributed by atoms with van der Waals surface area (Å²) in [6.45, 7) is 0.328. The van der Waals surface area contributed by atoms with Crippen molar-refractivity contribution < 1.29 is 19.1 Å². The molecular weight excluding hydrogens is 360 g/mol. The van der Waals surface area contributed by atoms with Crippen molar-refractivity contribution in [2.24, 2.45) is 0 Å². The topological polar surface area (TPSA) is 52.6 Å². The Hall–Kier alpha value is -3.05. The van der Waals surface area contributed by atoms with E-state index in [-0.39, 0.29) is 0 Å². The maximum atomic E-state index is 12.4. The SMILES string of the molecule is O=C1OC(=O)C(Sc2ccccc2)c2cccc(OCc3ccccc3)c21. The van der Waals surface area contributed by atoms with Gasteiger partial charge < -0.3 is 9.47 Å². The highest BCUT2D eigenvalue weighted by Crippen LogP contribution is 2.43. The minimum absolute atomic E-state index is 0.321. The number of thioether (sulfide) groups is 1. The van der Waals surface area contributed by atoms with Gasteiger partial charge in [-0.05, 0) is 29.3 Å². The molecule has 0 aliphatic carbocycles. The highest BCUT2D eigenvalue weighted by Gasteiger charge is 2.37. The molecule has 0 radical (unpaired) electrons. The lowest BCUT2D eigenvalue weighted by Gasteiger charge is -2.24. The Balaban J connectivity index is 1.65. The number of rotatable bonds is 5. The molecule has 3 aromatic carbocycles. The van der Waals surface area contributed by atoms with Crippen molar-refractivity contribution >= 4 is 23.7 Å². The van der Waals surface area contributed by atoms with E-state index in [2.05, 4.69) is 0 Å². The maximum Gasteiger partial charge on any atom is 0.349 e. The minimum Gasteiger partial charge on any atom is -0.488 e. The van der Waals surface area contributed by atoms with Crippen LogP contribution in [0.3, 0.4) is 0 Å². The molecule has 1 atom stereocenters. The van der Waals surface area contributed by atoms with Crippen molar-refractivity contribution in [1.29, 1.82) is 0 Å². The second kappa shape index (κ2) is 7.68. The van der Waals surface area contributed by atoms with Crippen LogP contribution in [0, 0.1) is 0 Å². The molecule has 1 unspecified atom stereocenters. The Morgan fingerprint density at radius 3 is 2.30 bits per heavy atom. The zero-order valence-corrected chi connectivity index (χ0v) is 15.1. The molecule has 3 aromatic rings. The van der Waals surface area contributed by atoms with Gasteiger partial charge in [-0.25, -0.2) is 9.59 Å². The number of carbonyl (C=O) groups excluding carboxylic acids is 2. The molecule has 0 amide bonds. The zero-order valence-electron chi connectivity index (χ0n) is 14.3. The quantitative estimate of drug-likeness (QED) is 0.473. The summed E-state index contributed by atoms with van der Waals surface area (Å²) in [5.74, 6) is -0.794. The van der Waals surface area contributed by atoms with Gasteiger partial charge in [0.15, 0.2) is 0 Å². The predicted molar refractivity (Wildman–Crippen MR) is 103 cm³/mol. The van der Waals surface area contributed by atoms with Crippen LogP contribution in [0.1, 0.15) is 26.7 Å². The average molecular weight is 376 g/mol. The van der Waals surface area contributed by atoms with Crippen molar-refractivity contribution in [3.8, 4) is 5.75 Å². The van der Waals surface area contributed by atoms with E-state index < -0.39 is 17.2 Å². The predicted octanol–water partition coefficient (Wildman–Crippen LogP) is 4.80. The highest BCUT2D eigenvalue weighted by molar-refractivity contribution is 8.00. The molecule has 0 saturated carbocycles. The number of hydrogen-bond donors (Lipinski definition) is 0. The molecule has 0 N–H and O–H groups in total. The third-order valence-corrected chi connectivity index (χ3v) is 5.41. The lowest BCUT2D eigenvalue weighted by atomic mass is 10.0. The lowest BCUT2D eigenvalue weighted by molar-refractivity contribution is -0.138. The molecule has 4 nitrogen and oxygen atoms in total. The van der Waals surface area contributed by atoms with Gasteiger partial charge >= 0.3 is 11.9 Å². The first kappa shape index (κ1) is 17.4. The highest BCUT2D eigenvalue weighted by atomic mass is 32.2. The maximum absolute atomic E-state index is 12.4. The smallest absolute Gasteiger partial charge is 0.349 e. The van der Waals surface area contributed by atoms with E-state index in [0.717, 1.165) is 10.5 Å². The van der Waals surface area contributed by atoms with Gasteiger partial charge in [0.1, 0.15) is 23.2 Å².